The molecule has 6 N–H and O–H groups in total. The van der Waals surface area contributed by atoms with Gasteiger partial charge in [0.15, 0.2) is 5.82 Å². The minimum atomic E-state index is -1.13. The first kappa shape index (κ1) is 36.2. The molecule has 0 atom stereocenters. The number of hydrogen-bond acceptors (Lipinski definition) is 8. The standard InChI is InChI=1S/2C16H24N4O2Si/c1-23(2,3)10-9-22-12-20-11-14(15(17)21)16(19-20)18-13-7-5-4-6-8-13;1-23(2,3)10-9-22-12-20-16(14(11-18-20)15(17)21)19-13-7-5-4-6-8-13/h4-8,11H,9-10,12H2,1-3H3,(H2,17,21)(H,18,19);4-8,11,19H,9-10,12H2,1-3H3,(H2,17,21). The number of ether oxygens (including phenoxy) is 2. The molecule has 0 aliphatic rings. The zero-order valence-corrected chi connectivity index (χ0v) is 29.7. The molecule has 248 valence electrons. The molecule has 2 amide bonds. The average molecular weight is 665 g/mol. The van der Waals surface area contributed by atoms with Gasteiger partial charge in [-0.1, -0.05) is 75.7 Å². The molecule has 2 aromatic carbocycles. The maximum Gasteiger partial charge on any atom is 0.254 e. The number of carbonyl (C=O) groups excluding carboxylic acids is 2. The van der Waals surface area contributed by atoms with E-state index in [1.165, 1.54) is 6.20 Å². The van der Waals surface area contributed by atoms with E-state index in [1.54, 1.807) is 15.6 Å². The monoisotopic (exact) mass is 664 g/mol. The summed E-state index contributed by atoms with van der Waals surface area (Å²) in [7, 11) is -2.24. The number of aromatic nitrogens is 4. The number of amides is 2. The van der Waals surface area contributed by atoms with Crippen LogP contribution >= 0.6 is 0 Å². The topological polar surface area (TPSA) is 164 Å². The molecule has 0 unspecified atom stereocenters. The fraction of sp³-hybridized carbons (Fsp3) is 0.375. The number of primary amides is 2. The van der Waals surface area contributed by atoms with E-state index >= 15 is 0 Å². The Labute approximate surface area is 273 Å². The lowest BCUT2D eigenvalue weighted by molar-refractivity contribution is 0.0786. The van der Waals surface area contributed by atoms with Crippen LogP contribution in [-0.2, 0) is 22.9 Å². The van der Waals surface area contributed by atoms with Crippen molar-refractivity contribution in [3.63, 3.8) is 0 Å². The molecule has 0 aliphatic carbocycles. The molecule has 0 bridgehead atoms. The van der Waals surface area contributed by atoms with Gasteiger partial charge in [0.25, 0.3) is 11.8 Å². The van der Waals surface area contributed by atoms with Crippen LogP contribution in [-0.4, -0.2) is 60.7 Å². The van der Waals surface area contributed by atoms with Crippen molar-refractivity contribution >= 4 is 51.0 Å². The Bertz CT molecular complexity index is 1520. The first-order chi connectivity index (χ1) is 21.7. The SMILES string of the molecule is C[Si](C)(C)CCOCn1cc(C(N)=O)c(Nc2ccccc2)n1.C[Si](C)(C)CCOCn1ncc(C(N)=O)c1Nc1ccccc1. The van der Waals surface area contributed by atoms with Gasteiger partial charge < -0.3 is 31.6 Å². The third-order valence-corrected chi connectivity index (χ3v) is 10.0. The highest BCUT2D eigenvalue weighted by Gasteiger charge is 2.18. The first-order valence-corrected chi connectivity index (χ1v) is 22.7. The molecular weight excluding hydrogens is 617 g/mol. The number of nitrogens with one attached hydrogen (secondary N) is 2. The summed E-state index contributed by atoms with van der Waals surface area (Å²) in [6.07, 6.45) is 3.08. The largest absolute Gasteiger partial charge is 0.365 e. The predicted octanol–water partition coefficient (Wildman–Crippen LogP) is 6.08. The van der Waals surface area contributed by atoms with Gasteiger partial charge in [0.1, 0.15) is 30.4 Å². The number of hydrogen-bond donors (Lipinski definition) is 4. The van der Waals surface area contributed by atoms with E-state index in [2.05, 4.69) is 60.1 Å². The predicted molar refractivity (Wildman–Crippen MR) is 189 cm³/mol. The van der Waals surface area contributed by atoms with Crippen molar-refractivity contribution in [3.05, 3.63) is 84.2 Å². The van der Waals surface area contributed by atoms with E-state index < -0.39 is 28.0 Å². The second-order valence-corrected chi connectivity index (χ2v) is 24.5. The van der Waals surface area contributed by atoms with Gasteiger partial charge in [-0.25, -0.2) is 9.36 Å². The molecule has 4 aromatic rings. The van der Waals surface area contributed by atoms with Crippen molar-refractivity contribution in [2.24, 2.45) is 11.5 Å². The van der Waals surface area contributed by atoms with Crippen LogP contribution < -0.4 is 22.1 Å². The number of para-hydroxylation sites is 2. The van der Waals surface area contributed by atoms with Crippen molar-refractivity contribution in [1.29, 1.82) is 0 Å². The van der Waals surface area contributed by atoms with Crippen molar-refractivity contribution in [2.75, 3.05) is 23.8 Å². The fourth-order valence-electron chi connectivity index (χ4n) is 3.94. The van der Waals surface area contributed by atoms with E-state index in [0.717, 1.165) is 23.5 Å². The van der Waals surface area contributed by atoms with Crippen molar-refractivity contribution in [3.8, 4) is 0 Å². The van der Waals surface area contributed by atoms with Gasteiger partial charge in [0.05, 0.1) is 6.20 Å². The molecule has 0 saturated heterocycles. The highest BCUT2D eigenvalue weighted by atomic mass is 28.3. The number of anilines is 4. The highest BCUT2D eigenvalue weighted by Crippen LogP contribution is 2.21. The van der Waals surface area contributed by atoms with E-state index in [4.69, 9.17) is 20.9 Å². The highest BCUT2D eigenvalue weighted by molar-refractivity contribution is 6.76. The molecule has 0 aliphatic heterocycles. The Morgan fingerprint density at radius 2 is 1.24 bits per heavy atom. The second kappa shape index (κ2) is 16.9. The van der Waals surface area contributed by atoms with Crippen molar-refractivity contribution in [1.82, 2.24) is 19.6 Å². The normalized spacial score (nSPS) is 11.4. The molecule has 0 spiro atoms. The van der Waals surface area contributed by atoms with Gasteiger partial charge in [-0.2, -0.15) is 10.2 Å². The molecule has 0 radical (unpaired) electrons. The van der Waals surface area contributed by atoms with Gasteiger partial charge in [0.2, 0.25) is 0 Å². The molecule has 4 rings (SSSR count). The summed E-state index contributed by atoms with van der Waals surface area (Å²) < 4.78 is 14.6. The first-order valence-electron chi connectivity index (χ1n) is 15.2. The Balaban J connectivity index is 0.000000250. The lowest BCUT2D eigenvalue weighted by Gasteiger charge is -2.16. The molecule has 14 heteroatoms. The van der Waals surface area contributed by atoms with Gasteiger partial charge in [-0.3, -0.25) is 9.59 Å². The molecule has 2 heterocycles. The van der Waals surface area contributed by atoms with E-state index in [9.17, 15) is 9.59 Å². The van der Waals surface area contributed by atoms with Crippen LogP contribution in [0.15, 0.2) is 73.1 Å². The van der Waals surface area contributed by atoms with Gasteiger partial charge in [-0.05, 0) is 36.4 Å². The second-order valence-electron chi connectivity index (χ2n) is 13.2. The summed E-state index contributed by atoms with van der Waals surface area (Å²) in [6.45, 7) is 15.8. The van der Waals surface area contributed by atoms with E-state index in [1.807, 2.05) is 60.7 Å². The molecule has 0 saturated carbocycles. The maximum absolute atomic E-state index is 11.6. The summed E-state index contributed by atoms with van der Waals surface area (Å²) in [4.78, 5) is 23.2. The third kappa shape index (κ3) is 12.6. The third-order valence-electron chi connectivity index (χ3n) is 6.64. The van der Waals surface area contributed by atoms with Crippen LogP contribution in [0.3, 0.4) is 0 Å². The van der Waals surface area contributed by atoms with Crippen LogP contribution in [0, 0.1) is 0 Å². The Kier molecular flexibility index (Phi) is 13.3. The lowest BCUT2D eigenvalue weighted by Crippen LogP contribution is -2.22. The quantitative estimate of drug-likeness (QED) is 0.0827. The molecule has 46 heavy (non-hydrogen) atoms. The molecule has 2 aromatic heterocycles. The number of benzene rings is 2. The smallest absolute Gasteiger partial charge is 0.254 e. The fourth-order valence-corrected chi connectivity index (χ4v) is 5.45. The zero-order chi connectivity index (χ0) is 33.7. The number of nitrogens with two attached hydrogens (primary N) is 2. The van der Waals surface area contributed by atoms with Crippen molar-refractivity contribution in [2.45, 2.75) is 64.8 Å². The van der Waals surface area contributed by atoms with E-state index in [0.29, 0.717) is 42.7 Å². The van der Waals surface area contributed by atoms with E-state index in [-0.39, 0.29) is 6.73 Å². The van der Waals surface area contributed by atoms with Gasteiger partial charge in [0, 0.05) is 46.9 Å². The lowest BCUT2D eigenvalue weighted by atomic mass is 10.3. The summed E-state index contributed by atoms with van der Waals surface area (Å²) >= 11 is 0. The van der Waals surface area contributed by atoms with Crippen LogP contribution in [0.2, 0.25) is 51.4 Å². The molecule has 0 fully saturated rings. The summed E-state index contributed by atoms with van der Waals surface area (Å²) in [5.74, 6) is -0.0391. The van der Waals surface area contributed by atoms with Crippen LogP contribution in [0.4, 0.5) is 23.0 Å². The maximum atomic E-state index is 11.6. The number of rotatable bonds is 16. The summed E-state index contributed by atoms with van der Waals surface area (Å²) in [5, 5.41) is 14.9. The van der Waals surface area contributed by atoms with Crippen LogP contribution in [0.5, 0.6) is 0 Å². The minimum Gasteiger partial charge on any atom is -0.365 e. The molecular formula is C32H48N8O4Si2. The number of carbonyl (C=O) groups is 2. The average Bonchev–Trinajstić information content (AvgIpc) is 3.58. The number of nitrogens with zero attached hydrogens (tertiary/aromatic N) is 4. The molecule has 12 nitrogen and oxygen atoms in total. The Morgan fingerprint density at radius 3 is 1.74 bits per heavy atom. The van der Waals surface area contributed by atoms with Gasteiger partial charge in [-0.15, -0.1) is 0 Å². The summed E-state index contributed by atoms with van der Waals surface area (Å²) in [6, 6.07) is 21.3. The van der Waals surface area contributed by atoms with Gasteiger partial charge >= 0.3 is 0 Å². The Morgan fingerprint density at radius 1 is 0.739 bits per heavy atom. The Hall–Kier alpha value is -4.25. The zero-order valence-electron chi connectivity index (χ0n) is 27.7. The van der Waals surface area contributed by atoms with Crippen LogP contribution in [0.1, 0.15) is 20.7 Å². The van der Waals surface area contributed by atoms with Crippen LogP contribution in [0.25, 0.3) is 0 Å². The minimum absolute atomic E-state index is 0.285. The van der Waals surface area contributed by atoms with Crippen molar-refractivity contribution < 1.29 is 19.1 Å². The summed E-state index contributed by atoms with van der Waals surface area (Å²) in [5.41, 5.74) is 13.3.